The van der Waals surface area contributed by atoms with E-state index in [-0.39, 0.29) is 12.5 Å². The molecular weight excluding hydrogens is 376 g/mol. The minimum absolute atomic E-state index is 0.133. The van der Waals surface area contributed by atoms with E-state index in [9.17, 15) is 4.79 Å². The summed E-state index contributed by atoms with van der Waals surface area (Å²) in [5, 5.41) is 6.17. The maximum atomic E-state index is 12.1. The van der Waals surface area contributed by atoms with Crippen molar-refractivity contribution < 1.29 is 14.3 Å². The van der Waals surface area contributed by atoms with Gasteiger partial charge in [-0.05, 0) is 47.4 Å². The third-order valence-electron chi connectivity index (χ3n) is 4.65. The number of hydrazone groups is 1. The van der Waals surface area contributed by atoms with Gasteiger partial charge in [0.1, 0.15) is 18.1 Å². The van der Waals surface area contributed by atoms with Gasteiger partial charge in [0.05, 0.1) is 13.3 Å². The van der Waals surface area contributed by atoms with Gasteiger partial charge in [0.25, 0.3) is 0 Å². The smallest absolute Gasteiger partial charge is 0.240 e. The molecule has 0 heterocycles. The quantitative estimate of drug-likeness (QED) is 0.330. The normalized spacial score (nSPS) is 10.7. The zero-order chi connectivity index (χ0) is 21.2. The molecule has 3 aromatic rings. The van der Waals surface area contributed by atoms with E-state index in [0.29, 0.717) is 12.2 Å². The molecule has 30 heavy (non-hydrogen) atoms. The first-order valence-electron chi connectivity index (χ1n) is 9.74. The molecule has 3 aromatic carbocycles. The fraction of sp³-hybridized carbons (Fsp3) is 0.200. The summed E-state index contributed by atoms with van der Waals surface area (Å²) in [6.07, 6.45) is 8.85. The van der Waals surface area contributed by atoms with E-state index in [4.69, 9.17) is 15.9 Å². The molecule has 0 saturated carbocycles. The van der Waals surface area contributed by atoms with Crippen molar-refractivity contribution in [1.82, 2.24) is 5.43 Å². The second-order valence-electron chi connectivity index (χ2n) is 6.69. The Morgan fingerprint density at radius 2 is 1.93 bits per heavy atom. The topological polar surface area (TPSA) is 59.9 Å². The van der Waals surface area contributed by atoms with Gasteiger partial charge in [-0.3, -0.25) is 4.79 Å². The summed E-state index contributed by atoms with van der Waals surface area (Å²) in [4.78, 5) is 12.1. The molecule has 0 spiro atoms. The van der Waals surface area contributed by atoms with Crippen LogP contribution in [0.15, 0.2) is 65.8 Å². The van der Waals surface area contributed by atoms with Crippen molar-refractivity contribution in [3.05, 3.63) is 71.8 Å². The van der Waals surface area contributed by atoms with E-state index in [1.165, 1.54) is 0 Å². The molecule has 0 atom stereocenters. The SMILES string of the molecule is C#CCOc1ccc2ccccc2c1/C=N/NC(=O)CCCc1ccc(OC)cc1. The first-order chi connectivity index (χ1) is 14.7. The highest BCUT2D eigenvalue weighted by atomic mass is 16.5. The molecule has 5 nitrogen and oxygen atoms in total. The summed E-state index contributed by atoms with van der Waals surface area (Å²) < 4.78 is 10.8. The lowest BCUT2D eigenvalue weighted by molar-refractivity contribution is -0.121. The van der Waals surface area contributed by atoms with E-state index in [0.717, 1.165) is 40.5 Å². The van der Waals surface area contributed by atoms with Crippen LogP contribution < -0.4 is 14.9 Å². The van der Waals surface area contributed by atoms with Crippen LogP contribution in [0.5, 0.6) is 11.5 Å². The highest BCUT2D eigenvalue weighted by Crippen LogP contribution is 2.26. The van der Waals surface area contributed by atoms with Crippen LogP contribution in [0.2, 0.25) is 0 Å². The molecule has 0 bridgehead atoms. The first kappa shape index (κ1) is 20.9. The number of nitrogens with zero attached hydrogens (tertiary/aromatic N) is 1. The van der Waals surface area contributed by atoms with E-state index in [1.807, 2.05) is 60.7 Å². The summed E-state index contributed by atoms with van der Waals surface area (Å²) in [6.45, 7) is 0.164. The Kier molecular flexibility index (Phi) is 7.45. The van der Waals surface area contributed by atoms with Crippen LogP contribution in [0.3, 0.4) is 0 Å². The molecule has 0 aromatic heterocycles. The second-order valence-corrected chi connectivity index (χ2v) is 6.69. The van der Waals surface area contributed by atoms with Gasteiger partial charge in [-0.1, -0.05) is 48.4 Å². The van der Waals surface area contributed by atoms with Crippen molar-refractivity contribution in [3.63, 3.8) is 0 Å². The lowest BCUT2D eigenvalue weighted by Crippen LogP contribution is -2.17. The monoisotopic (exact) mass is 400 g/mol. The van der Waals surface area contributed by atoms with E-state index in [1.54, 1.807) is 13.3 Å². The van der Waals surface area contributed by atoms with Crippen LogP contribution in [-0.4, -0.2) is 25.8 Å². The van der Waals surface area contributed by atoms with E-state index < -0.39 is 0 Å². The molecule has 0 unspecified atom stereocenters. The Bertz CT molecular complexity index is 1070. The number of methoxy groups -OCH3 is 1. The number of hydrogen-bond acceptors (Lipinski definition) is 4. The molecular formula is C25H24N2O3. The number of terminal acetylenes is 1. The Hall–Kier alpha value is -3.78. The lowest BCUT2D eigenvalue weighted by Gasteiger charge is -2.09. The summed E-state index contributed by atoms with van der Waals surface area (Å²) in [7, 11) is 1.64. The number of rotatable bonds is 9. The van der Waals surface area contributed by atoms with Crippen molar-refractivity contribution in [2.24, 2.45) is 5.10 Å². The van der Waals surface area contributed by atoms with Gasteiger partial charge in [0.2, 0.25) is 5.91 Å². The number of ether oxygens (including phenoxy) is 2. The van der Waals surface area contributed by atoms with Crippen LogP contribution >= 0.6 is 0 Å². The van der Waals surface area contributed by atoms with Crippen molar-refractivity contribution >= 4 is 22.9 Å². The van der Waals surface area contributed by atoms with Crippen LogP contribution in [0.1, 0.15) is 24.0 Å². The molecule has 1 amide bonds. The van der Waals surface area contributed by atoms with Gasteiger partial charge in [0, 0.05) is 12.0 Å². The summed E-state index contributed by atoms with van der Waals surface area (Å²) >= 11 is 0. The van der Waals surface area contributed by atoms with Gasteiger partial charge >= 0.3 is 0 Å². The minimum Gasteiger partial charge on any atom is -0.497 e. The average Bonchev–Trinajstić information content (AvgIpc) is 2.78. The third-order valence-corrected chi connectivity index (χ3v) is 4.65. The molecule has 0 aliphatic heterocycles. The molecule has 0 radical (unpaired) electrons. The van der Waals surface area contributed by atoms with Crippen LogP contribution in [0.25, 0.3) is 10.8 Å². The largest absolute Gasteiger partial charge is 0.497 e. The van der Waals surface area contributed by atoms with E-state index >= 15 is 0 Å². The summed E-state index contributed by atoms with van der Waals surface area (Å²) in [6, 6.07) is 19.6. The van der Waals surface area contributed by atoms with Crippen molar-refractivity contribution in [2.75, 3.05) is 13.7 Å². The molecule has 0 aliphatic rings. The number of benzene rings is 3. The van der Waals surface area contributed by atoms with E-state index in [2.05, 4.69) is 16.4 Å². The van der Waals surface area contributed by atoms with Crippen molar-refractivity contribution in [1.29, 1.82) is 0 Å². The second kappa shape index (κ2) is 10.7. The summed E-state index contributed by atoms with van der Waals surface area (Å²) in [5.74, 6) is 3.78. The predicted molar refractivity (Wildman–Crippen MR) is 120 cm³/mol. The minimum atomic E-state index is -0.133. The number of amides is 1. The van der Waals surface area contributed by atoms with Crippen molar-refractivity contribution in [2.45, 2.75) is 19.3 Å². The molecule has 0 fully saturated rings. The number of nitrogens with one attached hydrogen (secondary N) is 1. The van der Waals surface area contributed by atoms with Gasteiger partial charge in [0.15, 0.2) is 0 Å². The predicted octanol–water partition coefficient (Wildman–Crippen LogP) is 4.33. The van der Waals surface area contributed by atoms with Crippen LogP contribution in [0, 0.1) is 12.3 Å². The highest BCUT2D eigenvalue weighted by molar-refractivity contribution is 6.02. The van der Waals surface area contributed by atoms with Crippen LogP contribution in [0.4, 0.5) is 0 Å². The lowest BCUT2D eigenvalue weighted by atomic mass is 10.0. The first-order valence-corrected chi connectivity index (χ1v) is 9.74. The molecule has 152 valence electrons. The maximum absolute atomic E-state index is 12.1. The van der Waals surface area contributed by atoms with Gasteiger partial charge in [-0.25, -0.2) is 5.43 Å². The Labute approximate surface area is 176 Å². The van der Waals surface area contributed by atoms with Gasteiger partial charge in [-0.15, -0.1) is 6.42 Å². The highest BCUT2D eigenvalue weighted by Gasteiger charge is 2.07. The van der Waals surface area contributed by atoms with Crippen molar-refractivity contribution in [3.8, 4) is 23.8 Å². The number of aryl methyl sites for hydroxylation is 1. The molecule has 1 N–H and O–H groups in total. The van der Waals surface area contributed by atoms with Crippen LogP contribution in [-0.2, 0) is 11.2 Å². The fourth-order valence-corrected chi connectivity index (χ4v) is 3.12. The molecule has 5 heteroatoms. The molecule has 0 aliphatic carbocycles. The Morgan fingerprint density at radius 3 is 2.70 bits per heavy atom. The molecule has 3 rings (SSSR count). The fourth-order valence-electron chi connectivity index (χ4n) is 3.12. The maximum Gasteiger partial charge on any atom is 0.240 e. The number of hydrogen-bond donors (Lipinski definition) is 1. The number of carbonyl (C=O) groups excluding carboxylic acids is 1. The number of fused-ring (bicyclic) bond motifs is 1. The Morgan fingerprint density at radius 1 is 1.13 bits per heavy atom. The number of carbonyl (C=O) groups is 1. The van der Waals surface area contributed by atoms with Gasteiger partial charge in [-0.2, -0.15) is 5.10 Å². The third kappa shape index (κ3) is 5.62. The zero-order valence-electron chi connectivity index (χ0n) is 16.9. The standard InChI is InChI=1S/C25H24N2O3/c1-3-17-30-24-16-13-20-8-4-5-9-22(20)23(24)18-26-27-25(28)10-6-7-19-11-14-21(29-2)15-12-19/h1,4-5,8-9,11-16,18H,6-7,10,17H2,2H3,(H,27,28)/b26-18+. The van der Waals surface area contributed by atoms with Gasteiger partial charge < -0.3 is 9.47 Å². The average molecular weight is 400 g/mol. The Balaban J connectivity index is 1.59. The molecule has 0 saturated heterocycles. The zero-order valence-corrected chi connectivity index (χ0v) is 16.9. The summed E-state index contributed by atoms with van der Waals surface area (Å²) in [5.41, 5.74) is 4.54.